The van der Waals surface area contributed by atoms with Gasteiger partial charge in [-0.05, 0) is 54.7 Å². The lowest BCUT2D eigenvalue weighted by molar-refractivity contribution is 0.128. The van der Waals surface area contributed by atoms with Gasteiger partial charge in [-0.25, -0.2) is 0 Å². The maximum Gasteiger partial charge on any atom is 0.147 e. The van der Waals surface area contributed by atoms with E-state index < -0.39 is 5.54 Å². The van der Waals surface area contributed by atoms with Crippen LogP contribution in [0.1, 0.15) is 36.1 Å². The van der Waals surface area contributed by atoms with Crippen molar-refractivity contribution in [3.63, 3.8) is 0 Å². The topological polar surface area (TPSA) is 46.8 Å². The molecule has 0 radical (unpaired) electrons. The second kappa shape index (κ2) is 8.15. The largest absolute Gasteiger partial charge is 0.391 e. The van der Waals surface area contributed by atoms with E-state index in [1.54, 1.807) is 0 Å². The molecule has 0 unspecified atom stereocenters. The van der Waals surface area contributed by atoms with E-state index in [1.807, 2.05) is 48.7 Å². The van der Waals surface area contributed by atoms with Crippen LogP contribution in [0.3, 0.4) is 0 Å². The number of pyridine rings is 1. The highest BCUT2D eigenvalue weighted by Crippen LogP contribution is 2.51. The van der Waals surface area contributed by atoms with Gasteiger partial charge in [0.15, 0.2) is 0 Å². The van der Waals surface area contributed by atoms with Crippen molar-refractivity contribution in [3.8, 4) is 0 Å². The minimum Gasteiger partial charge on any atom is -0.391 e. The van der Waals surface area contributed by atoms with Crippen LogP contribution in [0.2, 0.25) is 0 Å². The molecule has 1 fully saturated rings. The number of hydrogen-bond donors (Lipinski definition) is 0. The summed E-state index contributed by atoms with van der Waals surface area (Å²) in [5, 5.41) is 4.61. The quantitative estimate of drug-likeness (QED) is 0.444. The molecule has 2 heterocycles. The van der Waals surface area contributed by atoms with Crippen LogP contribution >= 0.6 is 15.9 Å². The number of oxime groups is 1. The Balaban J connectivity index is 1.51. The number of halogens is 1. The van der Waals surface area contributed by atoms with Gasteiger partial charge >= 0.3 is 0 Å². The van der Waals surface area contributed by atoms with E-state index in [2.05, 4.69) is 51.4 Å². The Hall–Kier alpha value is -2.79. The Bertz CT molecular complexity index is 1080. The number of aromatic nitrogens is 1. The van der Waals surface area contributed by atoms with Crippen LogP contribution < -0.4 is 0 Å². The highest BCUT2D eigenvalue weighted by molar-refractivity contribution is 9.10. The van der Waals surface area contributed by atoms with Crippen LogP contribution in [-0.2, 0) is 17.0 Å². The molecule has 150 valence electrons. The fourth-order valence-corrected chi connectivity index (χ4v) is 4.81. The van der Waals surface area contributed by atoms with E-state index in [0.29, 0.717) is 12.5 Å². The van der Waals surface area contributed by atoms with Crippen molar-refractivity contribution in [2.75, 3.05) is 0 Å². The first-order chi connectivity index (χ1) is 14.8. The molecular weight excluding hydrogens is 438 g/mol. The molecule has 1 aromatic heterocycles. The first-order valence-electron chi connectivity index (χ1n) is 10.2. The molecule has 1 saturated carbocycles. The zero-order chi connectivity index (χ0) is 20.4. The number of aliphatic imine (C=N–C) groups is 1. The van der Waals surface area contributed by atoms with E-state index >= 15 is 0 Å². The zero-order valence-corrected chi connectivity index (χ0v) is 18.1. The second-order valence-corrected chi connectivity index (χ2v) is 8.70. The molecule has 3 aromatic rings. The van der Waals surface area contributed by atoms with E-state index in [9.17, 15) is 0 Å². The Morgan fingerprint density at radius 1 is 1.00 bits per heavy atom. The minimum atomic E-state index is -0.527. The van der Waals surface area contributed by atoms with Crippen molar-refractivity contribution in [1.82, 2.24) is 4.98 Å². The minimum absolute atomic E-state index is 0.352. The fraction of sp³-hybridized carbons (Fsp3) is 0.240. The van der Waals surface area contributed by atoms with Gasteiger partial charge in [-0.2, -0.15) is 0 Å². The number of fused-ring (bicyclic) bond motifs is 1. The Morgan fingerprint density at radius 3 is 2.57 bits per heavy atom. The van der Waals surface area contributed by atoms with Crippen molar-refractivity contribution in [3.05, 3.63) is 100 Å². The molecule has 4 nitrogen and oxygen atoms in total. The van der Waals surface area contributed by atoms with Crippen molar-refractivity contribution in [1.29, 1.82) is 0 Å². The summed E-state index contributed by atoms with van der Waals surface area (Å²) in [6.45, 7) is 0.455. The van der Waals surface area contributed by atoms with Crippen LogP contribution in [0.4, 0.5) is 0 Å². The Kier molecular flexibility index (Phi) is 5.21. The Morgan fingerprint density at radius 2 is 1.80 bits per heavy atom. The summed E-state index contributed by atoms with van der Waals surface area (Å²) >= 11 is 3.52. The molecule has 2 aliphatic rings. The van der Waals surface area contributed by atoms with E-state index in [-0.39, 0.29) is 0 Å². The highest BCUT2D eigenvalue weighted by atomic mass is 79.9. The molecule has 0 bridgehead atoms. The van der Waals surface area contributed by atoms with Crippen molar-refractivity contribution in [2.45, 2.75) is 31.4 Å². The Labute approximate surface area is 184 Å². The van der Waals surface area contributed by atoms with Gasteiger partial charge in [0.25, 0.3) is 0 Å². The van der Waals surface area contributed by atoms with E-state index in [4.69, 9.17) is 14.8 Å². The lowest BCUT2D eigenvalue weighted by atomic mass is 9.83. The maximum absolute atomic E-state index is 5.80. The lowest BCUT2D eigenvalue weighted by Crippen LogP contribution is -2.33. The highest BCUT2D eigenvalue weighted by Gasteiger charge is 2.54. The first-order valence-corrected chi connectivity index (χ1v) is 11.0. The van der Waals surface area contributed by atoms with Gasteiger partial charge in [0.2, 0.25) is 0 Å². The van der Waals surface area contributed by atoms with E-state index in [1.165, 1.54) is 0 Å². The van der Waals surface area contributed by atoms with Gasteiger partial charge in [-0.15, -0.1) is 0 Å². The van der Waals surface area contributed by atoms with Crippen LogP contribution in [0.25, 0.3) is 0 Å². The molecule has 5 rings (SSSR count). The van der Waals surface area contributed by atoms with Gasteiger partial charge in [0.05, 0.1) is 11.4 Å². The molecule has 0 amide bonds. The van der Waals surface area contributed by atoms with Crippen LogP contribution in [-0.4, -0.2) is 16.4 Å². The monoisotopic (exact) mass is 459 g/mol. The van der Waals surface area contributed by atoms with Crippen LogP contribution in [0.5, 0.6) is 0 Å². The molecule has 0 spiro atoms. The molecule has 5 heteroatoms. The third-order valence-corrected chi connectivity index (χ3v) is 6.52. The molecule has 1 aliphatic heterocycles. The van der Waals surface area contributed by atoms with Crippen molar-refractivity contribution < 1.29 is 4.84 Å². The number of nitrogens with zero attached hydrogens (tertiary/aromatic N) is 3. The maximum atomic E-state index is 5.80. The standard InChI is InChI=1S/C25H22BrN3O/c26-21-12-9-19(10-13-21)22-16-20-11-14-24(29-30-17-18-6-2-1-3-7-18)25(20,28-22)23-8-4-5-15-27-23/h1-10,12-13,15,20H,11,14,16-17H2/b29-24-/t20-,25-/m1/s1. The fourth-order valence-electron chi connectivity index (χ4n) is 4.54. The summed E-state index contributed by atoms with van der Waals surface area (Å²) in [6, 6.07) is 24.5. The summed E-state index contributed by atoms with van der Waals surface area (Å²) in [6.07, 6.45) is 4.69. The van der Waals surface area contributed by atoms with Crippen LogP contribution in [0.15, 0.2) is 93.6 Å². The summed E-state index contributed by atoms with van der Waals surface area (Å²) in [4.78, 5) is 15.8. The van der Waals surface area contributed by atoms with Crippen molar-refractivity contribution >= 4 is 27.4 Å². The predicted molar refractivity (Wildman–Crippen MR) is 123 cm³/mol. The summed E-state index contributed by atoms with van der Waals surface area (Å²) < 4.78 is 1.07. The molecule has 2 atom stereocenters. The van der Waals surface area contributed by atoms with Gasteiger partial charge in [-0.1, -0.05) is 69.6 Å². The van der Waals surface area contributed by atoms with Gasteiger partial charge < -0.3 is 4.84 Å². The molecule has 0 saturated heterocycles. The molecular formula is C25H22BrN3O. The summed E-state index contributed by atoms with van der Waals surface area (Å²) in [7, 11) is 0. The smallest absolute Gasteiger partial charge is 0.147 e. The SMILES string of the molecule is Brc1ccc(C2=N[C@]3(c4ccccn4)/C(=N\OCc4ccccc4)CC[C@@H]3C2)cc1. The average molecular weight is 460 g/mol. The molecule has 30 heavy (non-hydrogen) atoms. The van der Waals surface area contributed by atoms with E-state index in [0.717, 1.165) is 52.0 Å². The average Bonchev–Trinajstić information content (AvgIpc) is 3.33. The molecule has 0 N–H and O–H groups in total. The predicted octanol–water partition coefficient (Wildman–Crippen LogP) is 5.92. The van der Waals surface area contributed by atoms with Gasteiger partial charge in [-0.3, -0.25) is 9.98 Å². The van der Waals surface area contributed by atoms with Crippen LogP contribution in [0, 0.1) is 5.92 Å². The number of hydrogen-bond acceptors (Lipinski definition) is 4. The van der Waals surface area contributed by atoms with Gasteiger partial charge in [0, 0.05) is 22.3 Å². The second-order valence-electron chi connectivity index (χ2n) is 7.78. The summed E-state index contributed by atoms with van der Waals surface area (Å²) in [5.74, 6) is 0.352. The third-order valence-electron chi connectivity index (χ3n) is 5.99. The zero-order valence-electron chi connectivity index (χ0n) is 16.5. The molecule has 1 aliphatic carbocycles. The summed E-state index contributed by atoms with van der Waals surface area (Å²) in [5.41, 5.74) is 4.80. The number of benzene rings is 2. The number of rotatable bonds is 5. The lowest BCUT2D eigenvalue weighted by Gasteiger charge is -2.26. The normalized spacial score (nSPS) is 24.0. The van der Waals surface area contributed by atoms with Crippen molar-refractivity contribution in [2.24, 2.45) is 16.1 Å². The van der Waals surface area contributed by atoms with Gasteiger partial charge in [0.1, 0.15) is 12.1 Å². The molecule has 2 aromatic carbocycles. The third kappa shape index (κ3) is 3.47. The first kappa shape index (κ1) is 19.2.